The van der Waals surface area contributed by atoms with E-state index in [0.29, 0.717) is 5.56 Å². The van der Waals surface area contributed by atoms with Crippen molar-refractivity contribution in [2.24, 2.45) is 7.05 Å². The fourth-order valence-corrected chi connectivity index (χ4v) is 2.21. The second-order valence-corrected chi connectivity index (χ2v) is 5.10. The molecule has 0 fully saturated rings. The maximum atomic E-state index is 13.4. The van der Waals surface area contributed by atoms with Crippen LogP contribution in [0, 0.1) is 12.7 Å². The van der Waals surface area contributed by atoms with Crippen LogP contribution in [-0.2, 0) is 13.5 Å². The fourth-order valence-electron chi connectivity index (χ4n) is 2.21. The Morgan fingerprint density at radius 2 is 2.20 bits per heavy atom. The normalized spacial score (nSPS) is 12.6. The van der Waals surface area contributed by atoms with Gasteiger partial charge in [-0.25, -0.2) is 4.39 Å². The van der Waals surface area contributed by atoms with Crippen molar-refractivity contribution in [1.29, 1.82) is 0 Å². The van der Waals surface area contributed by atoms with Crippen LogP contribution in [0.2, 0.25) is 0 Å². The first-order valence-electron chi connectivity index (χ1n) is 6.94. The number of nitrogens with zero attached hydrogens (tertiary/aromatic N) is 3. The molecule has 0 bridgehead atoms. The molecule has 0 radical (unpaired) electrons. The van der Waals surface area contributed by atoms with Crippen LogP contribution in [0.3, 0.4) is 0 Å². The minimum Gasteiger partial charge on any atom is -0.310 e. The van der Waals surface area contributed by atoms with Gasteiger partial charge in [0.2, 0.25) is 0 Å². The minimum atomic E-state index is -0.164. The van der Waals surface area contributed by atoms with E-state index >= 15 is 0 Å². The molecule has 5 heteroatoms. The van der Waals surface area contributed by atoms with Crippen LogP contribution in [0.5, 0.6) is 0 Å². The van der Waals surface area contributed by atoms with Crippen molar-refractivity contribution < 1.29 is 4.39 Å². The summed E-state index contributed by atoms with van der Waals surface area (Å²) in [4.78, 5) is 0. The lowest BCUT2D eigenvalue weighted by Gasteiger charge is -2.18. The van der Waals surface area contributed by atoms with Gasteiger partial charge in [0.1, 0.15) is 5.82 Å². The smallest absolute Gasteiger partial charge is 0.126 e. The van der Waals surface area contributed by atoms with Gasteiger partial charge < -0.3 is 5.32 Å². The zero-order valence-electron chi connectivity index (χ0n) is 12.2. The summed E-state index contributed by atoms with van der Waals surface area (Å²) in [5, 5.41) is 11.6. The molecule has 1 heterocycles. The summed E-state index contributed by atoms with van der Waals surface area (Å²) >= 11 is 0. The first kappa shape index (κ1) is 14.7. The van der Waals surface area contributed by atoms with Crippen LogP contribution in [0.1, 0.15) is 36.2 Å². The topological polar surface area (TPSA) is 42.7 Å². The number of rotatable bonds is 6. The first-order valence-corrected chi connectivity index (χ1v) is 6.94. The number of hydrogen-bond donors (Lipinski definition) is 1. The molecule has 0 aliphatic heterocycles. The van der Waals surface area contributed by atoms with E-state index in [2.05, 4.69) is 22.6 Å². The van der Waals surface area contributed by atoms with Crippen LogP contribution in [-0.4, -0.2) is 21.5 Å². The predicted molar refractivity (Wildman–Crippen MR) is 76.9 cm³/mol. The van der Waals surface area contributed by atoms with Gasteiger partial charge in [0, 0.05) is 25.7 Å². The summed E-state index contributed by atoms with van der Waals surface area (Å²) in [5.41, 5.74) is 2.69. The van der Waals surface area contributed by atoms with Crippen LogP contribution in [0.25, 0.3) is 0 Å². The van der Waals surface area contributed by atoms with Gasteiger partial charge in [-0.15, -0.1) is 5.10 Å². The van der Waals surface area contributed by atoms with Crippen LogP contribution in [0.15, 0.2) is 24.4 Å². The monoisotopic (exact) mass is 276 g/mol. The third kappa shape index (κ3) is 3.63. The van der Waals surface area contributed by atoms with Gasteiger partial charge in [0.15, 0.2) is 0 Å². The molecule has 0 saturated heterocycles. The zero-order chi connectivity index (χ0) is 14.5. The van der Waals surface area contributed by atoms with Crippen LogP contribution < -0.4 is 5.32 Å². The van der Waals surface area contributed by atoms with Crippen molar-refractivity contribution in [2.75, 3.05) is 6.54 Å². The number of hydrogen-bond acceptors (Lipinski definition) is 3. The molecule has 0 spiro atoms. The fraction of sp³-hybridized carbons (Fsp3) is 0.467. The van der Waals surface area contributed by atoms with E-state index in [1.165, 1.54) is 6.07 Å². The molecule has 2 rings (SSSR count). The Kier molecular flexibility index (Phi) is 4.84. The Morgan fingerprint density at radius 3 is 2.80 bits per heavy atom. The Morgan fingerprint density at radius 1 is 1.40 bits per heavy atom. The molecule has 0 saturated carbocycles. The molecule has 20 heavy (non-hydrogen) atoms. The SMILES string of the molecule is CCCNC(Cc1cn(C)nn1)c1ccc(F)c(C)c1. The maximum Gasteiger partial charge on any atom is 0.126 e. The highest BCUT2D eigenvalue weighted by Crippen LogP contribution is 2.20. The van der Waals surface area contributed by atoms with E-state index in [9.17, 15) is 4.39 Å². The molecule has 2 aromatic rings. The third-order valence-electron chi connectivity index (χ3n) is 3.29. The van der Waals surface area contributed by atoms with E-state index < -0.39 is 0 Å². The highest BCUT2D eigenvalue weighted by molar-refractivity contribution is 5.27. The van der Waals surface area contributed by atoms with Crippen molar-refractivity contribution in [2.45, 2.75) is 32.7 Å². The first-order chi connectivity index (χ1) is 9.60. The summed E-state index contributed by atoms with van der Waals surface area (Å²) in [7, 11) is 1.85. The molecule has 1 aromatic carbocycles. The summed E-state index contributed by atoms with van der Waals surface area (Å²) in [6, 6.07) is 5.40. The second kappa shape index (κ2) is 6.61. The lowest BCUT2D eigenvalue weighted by atomic mass is 10.00. The molecular weight excluding hydrogens is 255 g/mol. The molecule has 1 N–H and O–H groups in total. The Hall–Kier alpha value is -1.75. The summed E-state index contributed by atoms with van der Waals surface area (Å²) in [5.74, 6) is -0.164. The standard InChI is InChI=1S/C15H21FN4/c1-4-7-17-15(9-13-10-20(3)19-18-13)12-5-6-14(16)11(2)8-12/h5-6,8,10,15,17H,4,7,9H2,1-3H3. The van der Waals surface area contributed by atoms with Gasteiger partial charge in [-0.3, -0.25) is 4.68 Å². The number of benzene rings is 1. The van der Waals surface area contributed by atoms with E-state index in [1.807, 2.05) is 25.4 Å². The largest absolute Gasteiger partial charge is 0.310 e. The molecule has 0 aliphatic rings. The van der Waals surface area contributed by atoms with E-state index in [0.717, 1.165) is 30.6 Å². The molecule has 0 aliphatic carbocycles. The maximum absolute atomic E-state index is 13.4. The number of aryl methyl sites for hydroxylation is 2. The number of aromatic nitrogens is 3. The molecule has 1 unspecified atom stereocenters. The lowest BCUT2D eigenvalue weighted by molar-refractivity contribution is 0.521. The molecular formula is C15H21FN4. The van der Waals surface area contributed by atoms with Gasteiger partial charge in [-0.2, -0.15) is 0 Å². The van der Waals surface area contributed by atoms with Crippen molar-refractivity contribution in [3.8, 4) is 0 Å². The van der Waals surface area contributed by atoms with Gasteiger partial charge >= 0.3 is 0 Å². The molecule has 1 atom stereocenters. The van der Waals surface area contributed by atoms with Gasteiger partial charge in [0.05, 0.1) is 5.69 Å². The summed E-state index contributed by atoms with van der Waals surface area (Å²) in [6.45, 7) is 4.84. The highest BCUT2D eigenvalue weighted by atomic mass is 19.1. The quantitative estimate of drug-likeness (QED) is 0.881. The average molecular weight is 276 g/mol. The predicted octanol–water partition coefficient (Wildman–Crippen LogP) is 2.55. The second-order valence-electron chi connectivity index (χ2n) is 5.10. The molecule has 108 valence electrons. The Labute approximate surface area is 119 Å². The highest BCUT2D eigenvalue weighted by Gasteiger charge is 2.14. The zero-order valence-corrected chi connectivity index (χ0v) is 12.2. The van der Waals surface area contributed by atoms with Crippen molar-refractivity contribution in [1.82, 2.24) is 20.3 Å². The Balaban J connectivity index is 2.19. The van der Waals surface area contributed by atoms with Crippen molar-refractivity contribution in [3.05, 3.63) is 47.0 Å². The van der Waals surface area contributed by atoms with Crippen molar-refractivity contribution >= 4 is 0 Å². The average Bonchev–Trinajstić information content (AvgIpc) is 2.83. The van der Waals surface area contributed by atoms with Gasteiger partial charge in [-0.05, 0) is 37.1 Å². The van der Waals surface area contributed by atoms with Gasteiger partial charge in [-0.1, -0.05) is 24.3 Å². The third-order valence-corrected chi connectivity index (χ3v) is 3.29. The van der Waals surface area contributed by atoms with Crippen molar-refractivity contribution in [3.63, 3.8) is 0 Å². The van der Waals surface area contributed by atoms with Crippen LogP contribution in [0.4, 0.5) is 4.39 Å². The van der Waals surface area contributed by atoms with E-state index in [-0.39, 0.29) is 11.9 Å². The lowest BCUT2D eigenvalue weighted by Crippen LogP contribution is -2.24. The molecule has 1 aromatic heterocycles. The minimum absolute atomic E-state index is 0.131. The summed E-state index contributed by atoms with van der Waals surface area (Å²) < 4.78 is 15.1. The molecule has 4 nitrogen and oxygen atoms in total. The Bertz CT molecular complexity index is 565. The van der Waals surface area contributed by atoms with E-state index in [1.54, 1.807) is 11.6 Å². The van der Waals surface area contributed by atoms with Crippen LogP contribution >= 0.6 is 0 Å². The van der Waals surface area contributed by atoms with Gasteiger partial charge in [0.25, 0.3) is 0 Å². The number of nitrogens with one attached hydrogen (secondary N) is 1. The van der Waals surface area contributed by atoms with E-state index in [4.69, 9.17) is 0 Å². The molecule has 0 amide bonds. The summed E-state index contributed by atoms with van der Waals surface area (Å²) in [6.07, 6.45) is 3.72. The number of halogens is 1.